The summed E-state index contributed by atoms with van der Waals surface area (Å²) in [5, 5.41) is 0. The number of hydrogen-bond acceptors (Lipinski definition) is 2. The van der Waals surface area contributed by atoms with Crippen LogP contribution in [0.4, 0.5) is 0 Å². The number of carbonyl (C=O) groups excluding carboxylic acids is 2. The van der Waals surface area contributed by atoms with E-state index in [0.717, 1.165) is 25.5 Å². The molecule has 0 aromatic carbocycles. The van der Waals surface area contributed by atoms with E-state index in [1.807, 2.05) is 19.9 Å². The van der Waals surface area contributed by atoms with Gasteiger partial charge in [0.1, 0.15) is 6.29 Å². The minimum atomic E-state index is -0.200. The third-order valence-corrected chi connectivity index (χ3v) is 3.22. The Morgan fingerprint density at radius 1 is 1.53 bits per heavy atom. The van der Waals surface area contributed by atoms with Crippen LogP contribution in [0.1, 0.15) is 46.5 Å². The summed E-state index contributed by atoms with van der Waals surface area (Å²) in [7, 11) is 0. The first-order valence-corrected chi connectivity index (χ1v) is 5.66. The largest absolute Gasteiger partial charge is 0.303 e. The molecule has 0 radical (unpaired) electrons. The summed E-state index contributed by atoms with van der Waals surface area (Å²) in [5.41, 5.74) is 1.06. The molecule has 0 fully saturated rings. The van der Waals surface area contributed by atoms with Crippen LogP contribution in [0.25, 0.3) is 0 Å². The monoisotopic (exact) mass is 208 g/mol. The molecule has 0 aromatic heterocycles. The molecule has 0 bridgehead atoms. The fraction of sp³-hybridized carbons (Fsp3) is 0.692. The van der Waals surface area contributed by atoms with Crippen molar-refractivity contribution in [1.82, 2.24) is 0 Å². The van der Waals surface area contributed by atoms with Crippen molar-refractivity contribution in [2.45, 2.75) is 46.5 Å². The van der Waals surface area contributed by atoms with Gasteiger partial charge in [0.15, 0.2) is 5.78 Å². The summed E-state index contributed by atoms with van der Waals surface area (Å²) >= 11 is 0. The maximum absolute atomic E-state index is 11.6. The van der Waals surface area contributed by atoms with Gasteiger partial charge in [0.05, 0.1) is 0 Å². The lowest BCUT2D eigenvalue weighted by atomic mass is 9.85. The van der Waals surface area contributed by atoms with Gasteiger partial charge in [-0.05, 0) is 31.3 Å². The Bertz CT molecular complexity index is 287. The summed E-state index contributed by atoms with van der Waals surface area (Å²) in [4.78, 5) is 21.8. The zero-order valence-corrected chi connectivity index (χ0v) is 9.88. The average Bonchev–Trinajstić information content (AvgIpc) is 2.42. The Morgan fingerprint density at radius 3 is 2.67 bits per heavy atom. The fourth-order valence-electron chi connectivity index (χ4n) is 2.02. The molecule has 1 atom stereocenters. The summed E-state index contributed by atoms with van der Waals surface area (Å²) in [6, 6.07) is 0. The molecule has 2 heteroatoms. The second-order valence-corrected chi connectivity index (χ2v) is 5.14. The number of rotatable bonds is 5. The Morgan fingerprint density at radius 2 is 2.20 bits per heavy atom. The summed E-state index contributed by atoms with van der Waals surface area (Å²) in [6.07, 6.45) is 6.23. The molecule has 1 aliphatic carbocycles. The molecular weight excluding hydrogens is 188 g/mol. The average molecular weight is 208 g/mol. The molecule has 0 heterocycles. The van der Waals surface area contributed by atoms with Gasteiger partial charge < -0.3 is 4.79 Å². The van der Waals surface area contributed by atoms with Crippen LogP contribution in [0.2, 0.25) is 0 Å². The highest BCUT2D eigenvalue weighted by molar-refractivity contribution is 5.97. The topological polar surface area (TPSA) is 34.1 Å². The highest BCUT2D eigenvalue weighted by Crippen LogP contribution is 2.37. The molecule has 0 aromatic rings. The molecule has 0 amide bonds. The first-order chi connectivity index (χ1) is 6.97. The van der Waals surface area contributed by atoms with Crippen molar-refractivity contribution in [3.05, 3.63) is 11.6 Å². The Balaban J connectivity index is 2.48. The van der Waals surface area contributed by atoms with Gasteiger partial charge in [-0.15, -0.1) is 0 Å². The molecular formula is C13H20O2. The van der Waals surface area contributed by atoms with Crippen molar-refractivity contribution in [2.24, 2.45) is 11.3 Å². The number of aldehydes is 1. The summed E-state index contributed by atoms with van der Waals surface area (Å²) in [5.74, 6) is 0.690. The van der Waals surface area contributed by atoms with Gasteiger partial charge in [-0.1, -0.05) is 26.3 Å². The maximum atomic E-state index is 11.6. The third kappa shape index (κ3) is 3.01. The molecule has 84 valence electrons. The van der Waals surface area contributed by atoms with Crippen LogP contribution in [0.15, 0.2) is 11.6 Å². The molecule has 0 saturated heterocycles. The van der Waals surface area contributed by atoms with Crippen molar-refractivity contribution in [1.29, 1.82) is 0 Å². The van der Waals surface area contributed by atoms with Crippen LogP contribution in [-0.2, 0) is 9.59 Å². The van der Waals surface area contributed by atoms with Crippen LogP contribution in [0, 0.1) is 11.3 Å². The molecule has 2 nitrogen and oxygen atoms in total. The Labute approximate surface area is 91.7 Å². The van der Waals surface area contributed by atoms with E-state index >= 15 is 0 Å². The summed E-state index contributed by atoms with van der Waals surface area (Å²) in [6.45, 7) is 6.14. The van der Waals surface area contributed by atoms with Gasteiger partial charge in [0.2, 0.25) is 0 Å². The fourth-order valence-corrected chi connectivity index (χ4v) is 2.02. The second-order valence-electron chi connectivity index (χ2n) is 5.14. The van der Waals surface area contributed by atoms with Gasteiger partial charge in [0, 0.05) is 11.8 Å². The van der Waals surface area contributed by atoms with Gasteiger partial charge >= 0.3 is 0 Å². The summed E-state index contributed by atoms with van der Waals surface area (Å²) < 4.78 is 0. The molecule has 0 N–H and O–H groups in total. The van der Waals surface area contributed by atoms with Crippen molar-refractivity contribution < 1.29 is 9.59 Å². The molecule has 1 aliphatic rings. The van der Waals surface area contributed by atoms with E-state index in [-0.39, 0.29) is 11.2 Å². The number of allylic oxidation sites excluding steroid dienone is 2. The van der Waals surface area contributed by atoms with Gasteiger partial charge in [-0.3, -0.25) is 4.79 Å². The Hall–Kier alpha value is -0.920. The normalized spacial score (nSPS) is 21.3. The van der Waals surface area contributed by atoms with E-state index in [1.54, 1.807) is 0 Å². The van der Waals surface area contributed by atoms with Crippen molar-refractivity contribution in [3.8, 4) is 0 Å². The lowest BCUT2D eigenvalue weighted by Gasteiger charge is -2.18. The molecule has 1 rings (SSSR count). The molecule has 0 saturated carbocycles. The predicted molar refractivity (Wildman–Crippen MR) is 60.6 cm³/mol. The van der Waals surface area contributed by atoms with E-state index in [0.29, 0.717) is 12.3 Å². The molecule has 1 unspecified atom stereocenters. The van der Waals surface area contributed by atoms with E-state index in [2.05, 4.69) is 6.92 Å². The lowest BCUT2D eigenvalue weighted by molar-refractivity contribution is -0.121. The van der Waals surface area contributed by atoms with Crippen LogP contribution in [-0.4, -0.2) is 12.1 Å². The van der Waals surface area contributed by atoms with E-state index in [1.165, 1.54) is 5.57 Å². The van der Waals surface area contributed by atoms with Crippen LogP contribution >= 0.6 is 0 Å². The predicted octanol–water partition coefficient (Wildman–Crippen LogP) is 2.92. The van der Waals surface area contributed by atoms with E-state index in [9.17, 15) is 9.59 Å². The quantitative estimate of drug-likeness (QED) is 0.514. The Kier molecular flexibility index (Phi) is 3.83. The van der Waals surface area contributed by atoms with Gasteiger partial charge in [-0.2, -0.15) is 0 Å². The zero-order chi connectivity index (χ0) is 11.5. The van der Waals surface area contributed by atoms with E-state index in [4.69, 9.17) is 0 Å². The zero-order valence-electron chi connectivity index (χ0n) is 9.88. The number of hydrogen-bond donors (Lipinski definition) is 0. The lowest BCUT2D eigenvalue weighted by Crippen LogP contribution is -2.17. The van der Waals surface area contributed by atoms with Gasteiger partial charge in [0.25, 0.3) is 0 Å². The molecule has 0 aliphatic heterocycles. The number of ketones is 1. The SMILES string of the molecule is CC(CCCC=O)C1=CC(=O)C(C)(C)C1. The third-order valence-electron chi connectivity index (χ3n) is 3.22. The van der Waals surface area contributed by atoms with Crippen LogP contribution in [0.3, 0.4) is 0 Å². The number of carbonyl (C=O) groups is 2. The minimum absolute atomic E-state index is 0.200. The van der Waals surface area contributed by atoms with Crippen LogP contribution in [0.5, 0.6) is 0 Å². The smallest absolute Gasteiger partial charge is 0.161 e. The minimum Gasteiger partial charge on any atom is -0.303 e. The van der Waals surface area contributed by atoms with Gasteiger partial charge in [-0.25, -0.2) is 0 Å². The first kappa shape index (κ1) is 12.2. The van der Waals surface area contributed by atoms with E-state index < -0.39 is 0 Å². The van der Waals surface area contributed by atoms with Crippen molar-refractivity contribution in [3.63, 3.8) is 0 Å². The molecule has 0 spiro atoms. The molecule has 15 heavy (non-hydrogen) atoms. The highest BCUT2D eigenvalue weighted by atomic mass is 16.1. The van der Waals surface area contributed by atoms with Crippen molar-refractivity contribution in [2.75, 3.05) is 0 Å². The number of unbranched alkanes of at least 4 members (excludes halogenated alkanes) is 1. The van der Waals surface area contributed by atoms with Crippen molar-refractivity contribution >= 4 is 12.1 Å². The highest BCUT2D eigenvalue weighted by Gasteiger charge is 2.34. The standard InChI is InChI=1S/C13H20O2/c1-10(6-4-5-7-14)11-8-12(15)13(2,3)9-11/h7-8,10H,4-6,9H2,1-3H3. The maximum Gasteiger partial charge on any atom is 0.161 e. The van der Waals surface area contributed by atoms with Crippen LogP contribution < -0.4 is 0 Å². The first-order valence-electron chi connectivity index (χ1n) is 5.66. The second kappa shape index (κ2) is 4.73.